The van der Waals surface area contributed by atoms with Crippen molar-refractivity contribution in [2.75, 3.05) is 14.7 Å². The molecule has 0 fully saturated rings. The zero-order valence-electron chi connectivity index (χ0n) is 80.6. The van der Waals surface area contributed by atoms with Crippen molar-refractivity contribution in [2.45, 2.75) is 19.3 Å². The van der Waals surface area contributed by atoms with E-state index in [-0.39, 0.29) is 5.41 Å². The van der Waals surface area contributed by atoms with Crippen molar-refractivity contribution in [3.05, 3.63) is 563 Å². The number of hydrogen-bond acceptors (Lipinski definition) is 5. The molecule has 0 radical (unpaired) electrons. The summed E-state index contributed by atoms with van der Waals surface area (Å²) in [6, 6.07) is 198. The molecule has 0 aliphatic heterocycles. The first-order valence-electron chi connectivity index (χ1n) is 50.1. The quantitative estimate of drug-likeness (QED) is 0.0909. The van der Waals surface area contributed by atoms with E-state index in [1.165, 1.54) is 132 Å². The fourth-order valence-corrected chi connectivity index (χ4v) is 22.0. The van der Waals surface area contributed by atoms with Crippen molar-refractivity contribution in [1.29, 1.82) is 0 Å². The van der Waals surface area contributed by atoms with Gasteiger partial charge in [0.1, 0.15) is 22.3 Å². The highest BCUT2D eigenvalue weighted by Crippen LogP contribution is 2.53. The summed E-state index contributed by atoms with van der Waals surface area (Å²) in [7, 11) is 0. The molecule has 0 bridgehead atoms. The summed E-state index contributed by atoms with van der Waals surface area (Å²) in [6.07, 6.45) is 0. The number of benzene rings is 23. The maximum absolute atomic E-state index is 6.38. The van der Waals surface area contributed by atoms with Crippen LogP contribution in [0, 0.1) is 0 Å². The van der Waals surface area contributed by atoms with Crippen LogP contribution in [-0.2, 0) is 5.41 Å². The summed E-state index contributed by atoms with van der Waals surface area (Å²) in [5, 5.41) is 12.1. The van der Waals surface area contributed by atoms with Crippen LogP contribution in [0.2, 0.25) is 0 Å². The largest absolute Gasteiger partial charge is 0.456 e. The third kappa shape index (κ3) is 16.0. The Hall–Kier alpha value is -19.1. The Labute approximate surface area is 847 Å². The van der Waals surface area contributed by atoms with E-state index in [9.17, 15) is 0 Å². The van der Waals surface area contributed by atoms with Crippen molar-refractivity contribution in [3.63, 3.8) is 0 Å². The van der Waals surface area contributed by atoms with Crippen LogP contribution in [0.25, 0.3) is 188 Å². The lowest BCUT2D eigenvalue weighted by atomic mass is 9.82. The number of hydrogen-bond donors (Lipinski definition) is 0. The van der Waals surface area contributed by atoms with Crippen LogP contribution in [0.1, 0.15) is 25.0 Å². The highest BCUT2D eigenvalue weighted by molar-refractivity contribution is 6.13. The van der Waals surface area contributed by atoms with Gasteiger partial charge in [0.25, 0.3) is 0 Å². The normalized spacial score (nSPS) is 12.0. The number of rotatable bonds is 17. The standard InChI is InChI=1S/C52H36N2.C45H33NO.C42H28N2O/c1-2-11-37(12-3-1)39-23-29-45(30-24-39)53(47-33-27-41(28-34-47)44-22-21-38-13-4-5-14-42(38)35-44)46-31-25-40(26-32-46)43-15-10-16-48(36-43)54-51-19-8-6-17-49(51)50-18-7-9-20-52(50)54;1-45(2)41-17-8-6-13-37(41)38-28-27-35(29-42(38)45)46(33-23-19-31(20-24-33)30-11-4-3-5-12-30)34-25-21-32(22-26-34)36-15-10-16-40-39-14-7-9-18-43(39)47-44(36)40;1-2-10-29(11-3-1)30-18-20-31(21-19-30)43(34-26-27-38-37-14-6-9-17-41(37)45-42(38)28-34)32-22-24-33(25-23-32)44-39-15-7-4-12-35(39)36-13-5-8-16-40(36)44/h1-36H;3-29H,1-2H3;1-28H. The Balaban J connectivity index is 0.000000112. The molecule has 27 aromatic rings. The van der Waals surface area contributed by atoms with Gasteiger partial charge in [-0.3, -0.25) is 0 Å². The Kier molecular flexibility index (Phi) is 22.2. The first kappa shape index (κ1) is 87.2. The fourth-order valence-electron chi connectivity index (χ4n) is 22.0. The highest BCUT2D eigenvalue weighted by atomic mass is 16.3. The van der Waals surface area contributed by atoms with Crippen LogP contribution in [0.15, 0.2) is 561 Å². The van der Waals surface area contributed by atoms with Gasteiger partial charge in [0.15, 0.2) is 0 Å². The molecular formula is C139H97N5O2. The van der Waals surface area contributed by atoms with E-state index in [2.05, 4.69) is 565 Å². The van der Waals surface area contributed by atoms with Crippen LogP contribution in [0.3, 0.4) is 0 Å². The molecule has 146 heavy (non-hydrogen) atoms. The predicted octanol–water partition coefficient (Wildman–Crippen LogP) is 38.9. The number of furan rings is 2. The van der Waals surface area contributed by atoms with Gasteiger partial charge in [0, 0.05) is 123 Å². The average molecular weight is 1870 g/mol. The molecule has 0 amide bonds. The van der Waals surface area contributed by atoms with Crippen molar-refractivity contribution in [1.82, 2.24) is 9.13 Å². The zero-order chi connectivity index (χ0) is 97.1. The Morgan fingerprint density at radius 3 is 0.986 bits per heavy atom. The van der Waals surface area contributed by atoms with Gasteiger partial charge in [0.2, 0.25) is 0 Å². The van der Waals surface area contributed by atoms with E-state index in [0.717, 1.165) is 118 Å². The number of para-hydroxylation sites is 7. The molecular weight excluding hydrogens is 1770 g/mol. The summed E-state index contributed by atoms with van der Waals surface area (Å²) in [5.74, 6) is 0. The second-order valence-electron chi connectivity index (χ2n) is 38.2. The van der Waals surface area contributed by atoms with Gasteiger partial charge in [-0.15, -0.1) is 0 Å². The average Bonchev–Trinajstić information content (AvgIpc) is 1.59. The van der Waals surface area contributed by atoms with E-state index in [1.54, 1.807) is 0 Å². The SMILES string of the molecule is CC1(C)c2ccccc2-c2ccc(N(c3ccc(-c4ccccc4)cc3)c3ccc(-c4cccc5c4oc4ccccc45)cc3)cc21.c1ccc(-c2ccc(N(c3ccc(-c4cccc(-n5c6ccccc6c6ccccc65)c4)cc3)c3ccc(-c4ccc5ccccc5c4)cc3)cc2)cc1.c1ccc(-c2ccc(N(c3ccc(-n4c5ccccc5c5ccccc54)cc3)c3ccc4c(c3)oc3ccccc34)cc2)cc1. The summed E-state index contributed by atoms with van der Waals surface area (Å²) in [6.45, 7) is 4.68. The molecule has 4 heterocycles. The topological polar surface area (TPSA) is 45.9 Å². The lowest BCUT2D eigenvalue weighted by Gasteiger charge is -2.28. The van der Waals surface area contributed by atoms with Crippen LogP contribution in [0.5, 0.6) is 0 Å². The summed E-state index contributed by atoms with van der Waals surface area (Å²) in [4.78, 5) is 7.02. The van der Waals surface area contributed by atoms with Crippen LogP contribution in [0.4, 0.5) is 51.2 Å². The van der Waals surface area contributed by atoms with Crippen LogP contribution >= 0.6 is 0 Å². The molecule has 4 aromatic heterocycles. The van der Waals surface area contributed by atoms with Gasteiger partial charge in [-0.1, -0.05) is 384 Å². The first-order valence-corrected chi connectivity index (χ1v) is 50.1. The third-order valence-electron chi connectivity index (χ3n) is 29.3. The number of anilines is 9. The fraction of sp³-hybridized carbons (Fsp3) is 0.0216. The second-order valence-corrected chi connectivity index (χ2v) is 38.2. The molecule has 1 aliphatic rings. The Morgan fingerprint density at radius 2 is 0.486 bits per heavy atom. The molecule has 690 valence electrons. The summed E-state index contributed by atoms with van der Waals surface area (Å²) in [5.41, 5.74) is 40.1. The van der Waals surface area contributed by atoms with Crippen molar-refractivity contribution >= 4 is 149 Å². The number of fused-ring (bicyclic) bond motifs is 16. The molecule has 7 heteroatoms. The molecule has 0 atom stereocenters. The van der Waals surface area contributed by atoms with Crippen molar-refractivity contribution in [2.24, 2.45) is 0 Å². The van der Waals surface area contributed by atoms with E-state index in [0.29, 0.717) is 0 Å². The zero-order valence-corrected chi connectivity index (χ0v) is 80.6. The molecule has 0 unspecified atom stereocenters. The molecule has 0 saturated carbocycles. The van der Waals surface area contributed by atoms with Gasteiger partial charge >= 0.3 is 0 Å². The molecule has 23 aromatic carbocycles. The smallest absolute Gasteiger partial charge is 0.143 e. The molecule has 0 saturated heterocycles. The van der Waals surface area contributed by atoms with E-state index in [1.807, 2.05) is 24.3 Å². The monoisotopic (exact) mass is 1870 g/mol. The highest BCUT2D eigenvalue weighted by Gasteiger charge is 2.36. The predicted molar refractivity (Wildman–Crippen MR) is 614 cm³/mol. The minimum atomic E-state index is -0.0834. The summed E-state index contributed by atoms with van der Waals surface area (Å²) < 4.78 is 17.4. The van der Waals surface area contributed by atoms with Crippen LogP contribution in [-0.4, -0.2) is 9.13 Å². The molecule has 28 rings (SSSR count). The maximum atomic E-state index is 6.38. The van der Waals surface area contributed by atoms with E-state index >= 15 is 0 Å². The van der Waals surface area contributed by atoms with Crippen molar-refractivity contribution < 1.29 is 8.83 Å². The third-order valence-corrected chi connectivity index (χ3v) is 29.3. The minimum Gasteiger partial charge on any atom is -0.456 e. The first-order chi connectivity index (χ1) is 72.1. The van der Waals surface area contributed by atoms with Crippen LogP contribution < -0.4 is 14.7 Å². The molecule has 7 nitrogen and oxygen atoms in total. The second kappa shape index (κ2) is 37.2. The van der Waals surface area contributed by atoms with Gasteiger partial charge in [-0.2, -0.15) is 0 Å². The Morgan fingerprint density at radius 1 is 0.171 bits per heavy atom. The molecule has 0 N–H and O–H groups in total. The van der Waals surface area contributed by atoms with Crippen molar-refractivity contribution in [3.8, 4) is 89.3 Å². The number of aromatic nitrogens is 2. The van der Waals surface area contributed by atoms with E-state index in [4.69, 9.17) is 8.83 Å². The van der Waals surface area contributed by atoms with Gasteiger partial charge in [-0.05, 0) is 270 Å². The van der Waals surface area contributed by atoms with Gasteiger partial charge in [0.05, 0.1) is 22.1 Å². The Bertz CT molecular complexity index is 9430. The minimum absolute atomic E-state index is 0.0834. The van der Waals surface area contributed by atoms with Gasteiger partial charge in [-0.25, -0.2) is 0 Å². The lowest BCUT2D eigenvalue weighted by Crippen LogP contribution is -2.16. The maximum Gasteiger partial charge on any atom is 0.143 e. The van der Waals surface area contributed by atoms with Gasteiger partial charge < -0.3 is 32.7 Å². The molecule has 1 aliphatic carbocycles. The number of nitrogens with zero attached hydrogens (tertiary/aromatic N) is 5. The summed E-state index contributed by atoms with van der Waals surface area (Å²) >= 11 is 0. The molecule has 0 spiro atoms. The van der Waals surface area contributed by atoms with E-state index < -0.39 is 0 Å². The lowest BCUT2D eigenvalue weighted by molar-refractivity contribution is 0.660.